The third-order valence-corrected chi connectivity index (χ3v) is 6.53. The van der Waals surface area contributed by atoms with Crippen molar-refractivity contribution < 1.29 is 14.3 Å². The van der Waals surface area contributed by atoms with E-state index < -0.39 is 17.4 Å². The first kappa shape index (κ1) is 18.2. The molecule has 4 atom stereocenters. The third kappa shape index (κ3) is 2.71. The van der Waals surface area contributed by atoms with Crippen molar-refractivity contribution in [3.05, 3.63) is 47.0 Å². The van der Waals surface area contributed by atoms with Crippen molar-refractivity contribution in [1.82, 2.24) is 9.80 Å². The molecule has 5 heteroatoms. The number of carbonyl (C=O) groups excluding carboxylic acids is 2. The number of hydrogen-bond donors (Lipinski definition) is 0. The minimum absolute atomic E-state index is 0.00704. The molecule has 4 rings (SSSR count). The normalized spacial score (nSPS) is 31.1. The van der Waals surface area contributed by atoms with Gasteiger partial charge in [0.25, 0.3) is 0 Å². The number of nitrogens with zero attached hydrogens (tertiary/aromatic N) is 2. The van der Waals surface area contributed by atoms with E-state index in [9.17, 15) is 9.59 Å². The second-order valence-electron chi connectivity index (χ2n) is 8.56. The molecule has 2 amide bonds. The Kier molecular flexibility index (Phi) is 4.18. The molecule has 1 spiro atoms. The van der Waals surface area contributed by atoms with Gasteiger partial charge in [0.1, 0.15) is 5.60 Å². The molecule has 5 nitrogen and oxygen atoms in total. The van der Waals surface area contributed by atoms with Crippen molar-refractivity contribution in [3.8, 4) is 0 Å². The van der Waals surface area contributed by atoms with Gasteiger partial charge in [0.15, 0.2) is 0 Å². The van der Waals surface area contributed by atoms with Crippen LogP contribution in [0.3, 0.4) is 0 Å². The molecule has 2 bridgehead atoms. The van der Waals surface area contributed by atoms with E-state index in [1.54, 1.807) is 4.90 Å². The summed E-state index contributed by atoms with van der Waals surface area (Å²) in [4.78, 5) is 29.9. The monoisotopic (exact) mass is 368 g/mol. The van der Waals surface area contributed by atoms with E-state index in [1.807, 2.05) is 37.9 Å². The Morgan fingerprint density at radius 3 is 2.74 bits per heavy atom. The number of amides is 2. The van der Waals surface area contributed by atoms with Gasteiger partial charge in [0.05, 0.1) is 24.5 Å². The summed E-state index contributed by atoms with van der Waals surface area (Å²) < 4.78 is 6.21. The molecule has 0 aromatic heterocycles. The number of rotatable bonds is 4. The second kappa shape index (κ2) is 6.20. The van der Waals surface area contributed by atoms with Crippen molar-refractivity contribution in [2.24, 2.45) is 11.8 Å². The van der Waals surface area contributed by atoms with E-state index in [0.717, 1.165) is 5.56 Å². The Balaban J connectivity index is 1.59. The minimum Gasteiger partial charge on any atom is -0.360 e. The highest BCUT2D eigenvalue weighted by atomic mass is 16.5. The largest absolute Gasteiger partial charge is 0.360 e. The first-order chi connectivity index (χ1) is 12.7. The Bertz CT molecular complexity index is 831. The molecular weight excluding hydrogens is 340 g/mol. The van der Waals surface area contributed by atoms with Crippen LogP contribution in [-0.2, 0) is 20.9 Å². The van der Waals surface area contributed by atoms with Gasteiger partial charge < -0.3 is 14.5 Å². The van der Waals surface area contributed by atoms with Crippen LogP contribution in [0, 0.1) is 25.7 Å². The summed E-state index contributed by atoms with van der Waals surface area (Å²) in [5.41, 5.74) is 2.94. The Morgan fingerprint density at radius 2 is 2.07 bits per heavy atom. The van der Waals surface area contributed by atoms with Crippen LogP contribution in [0.2, 0.25) is 0 Å². The quantitative estimate of drug-likeness (QED) is 0.767. The fraction of sp³-hybridized carbons (Fsp3) is 0.545. The predicted octanol–water partition coefficient (Wildman–Crippen LogP) is 2.45. The lowest BCUT2D eigenvalue weighted by atomic mass is 9.76. The zero-order chi connectivity index (χ0) is 19.5. The molecule has 3 aliphatic heterocycles. The van der Waals surface area contributed by atoms with Crippen LogP contribution >= 0.6 is 0 Å². The van der Waals surface area contributed by atoms with Crippen molar-refractivity contribution in [2.45, 2.75) is 52.0 Å². The van der Waals surface area contributed by atoms with Gasteiger partial charge in [-0.05, 0) is 44.4 Å². The SMILES string of the molecule is Cc1ccc(CN2C[C@]34C=C[C@H](O3)[C@@H](C(=O)N(C)C(C)C)[C@H]4C2=O)cc1C. The van der Waals surface area contributed by atoms with Crippen LogP contribution in [0.5, 0.6) is 0 Å². The summed E-state index contributed by atoms with van der Waals surface area (Å²) in [5.74, 6) is -0.782. The summed E-state index contributed by atoms with van der Waals surface area (Å²) in [6.45, 7) is 9.22. The smallest absolute Gasteiger partial charge is 0.230 e. The van der Waals surface area contributed by atoms with Crippen LogP contribution < -0.4 is 0 Å². The molecule has 2 fully saturated rings. The van der Waals surface area contributed by atoms with Crippen molar-refractivity contribution in [3.63, 3.8) is 0 Å². The van der Waals surface area contributed by atoms with E-state index in [1.165, 1.54) is 11.1 Å². The van der Waals surface area contributed by atoms with Gasteiger partial charge in [-0.15, -0.1) is 0 Å². The average Bonchev–Trinajstić information content (AvgIpc) is 3.25. The first-order valence-corrected chi connectivity index (χ1v) is 9.72. The van der Waals surface area contributed by atoms with Crippen molar-refractivity contribution in [2.75, 3.05) is 13.6 Å². The molecule has 0 radical (unpaired) electrons. The Morgan fingerprint density at radius 1 is 1.33 bits per heavy atom. The third-order valence-electron chi connectivity index (χ3n) is 6.53. The molecule has 0 saturated carbocycles. The lowest BCUT2D eigenvalue weighted by Gasteiger charge is -2.30. The molecule has 3 heterocycles. The van der Waals surface area contributed by atoms with Crippen LogP contribution in [0.25, 0.3) is 0 Å². The van der Waals surface area contributed by atoms with Gasteiger partial charge >= 0.3 is 0 Å². The van der Waals surface area contributed by atoms with Gasteiger partial charge in [-0.3, -0.25) is 9.59 Å². The number of ether oxygens (including phenoxy) is 1. The van der Waals surface area contributed by atoms with Crippen LogP contribution in [-0.4, -0.2) is 53.0 Å². The van der Waals surface area contributed by atoms with Gasteiger partial charge in [0.2, 0.25) is 11.8 Å². The number of likely N-dealkylation sites (tertiary alicyclic amines) is 1. The molecule has 0 aliphatic carbocycles. The molecule has 0 N–H and O–H groups in total. The topological polar surface area (TPSA) is 49.9 Å². The van der Waals surface area contributed by atoms with Crippen LogP contribution in [0.1, 0.15) is 30.5 Å². The maximum atomic E-state index is 13.3. The fourth-order valence-electron chi connectivity index (χ4n) is 4.61. The lowest BCUT2D eigenvalue weighted by Crippen LogP contribution is -2.46. The number of fused-ring (bicyclic) bond motifs is 1. The predicted molar refractivity (Wildman–Crippen MR) is 103 cm³/mol. The summed E-state index contributed by atoms with van der Waals surface area (Å²) in [6.07, 6.45) is 3.70. The zero-order valence-corrected chi connectivity index (χ0v) is 16.7. The summed E-state index contributed by atoms with van der Waals surface area (Å²) in [6, 6.07) is 6.40. The van der Waals surface area contributed by atoms with Gasteiger partial charge in [-0.1, -0.05) is 30.4 Å². The molecule has 1 aromatic rings. The number of benzene rings is 1. The molecule has 1 aromatic carbocycles. The van der Waals surface area contributed by atoms with Crippen LogP contribution in [0.15, 0.2) is 30.4 Å². The number of carbonyl (C=O) groups is 2. The Labute approximate surface area is 161 Å². The molecule has 144 valence electrons. The first-order valence-electron chi connectivity index (χ1n) is 9.72. The molecular formula is C22H28N2O3. The maximum absolute atomic E-state index is 13.3. The van der Waals surface area contributed by atoms with Gasteiger partial charge in [0, 0.05) is 19.6 Å². The Hall–Kier alpha value is -2.14. The highest BCUT2D eigenvalue weighted by Gasteiger charge is 2.67. The van der Waals surface area contributed by atoms with E-state index in [0.29, 0.717) is 13.1 Å². The minimum atomic E-state index is -0.639. The van der Waals surface area contributed by atoms with E-state index >= 15 is 0 Å². The highest BCUT2D eigenvalue weighted by molar-refractivity contribution is 5.93. The van der Waals surface area contributed by atoms with E-state index in [2.05, 4.69) is 32.0 Å². The summed E-state index contributed by atoms with van der Waals surface area (Å²) in [7, 11) is 1.81. The highest BCUT2D eigenvalue weighted by Crippen LogP contribution is 2.52. The average molecular weight is 368 g/mol. The van der Waals surface area contributed by atoms with Crippen molar-refractivity contribution in [1.29, 1.82) is 0 Å². The maximum Gasteiger partial charge on any atom is 0.230 e. The number of aryl methyl sites for hydroxylation is 2. The summed E-state index contributed by atoms with van der Waals surface area (Å²) in [5, 5.41) is 0. The molecule has 0 unspecified atom stereocenters. The standard InChI is InChI=1S/C22H28N2O3/c1-13(2)23(5)20(25)18-17-8-9-22(27-17)12-24(21(26)19(18)22)11-16-7-6-14(3)15(4)10-16/h6-10,13,17-19H,11-12H2,1-5H3/t17-,18+,19-,22-/m0/s1. The zero-order valence-electron chi connectivity index (χ0n) is 16.7. The molecule has 27 heavy (non-hydrogen) atoms. The second-order valence-corrected chi connectivity index (χ2v) is 8.56. The van der Waals surface area contributed by atoms with Gasteiger partial charge in [-0.25, -0.2) is 0 Å². The summed E-state index contributed by atoms with van der Waals surface area (Å²) >= 11 is 0. The molecule has 3 aliphatic rings. The van der Waals surface area contributed by atoms with Crippen molar-refractivity contribution >= 4 is 11.8 Å². The molecule has 2 saturated heterocycles. The van der Waals surface area contributed by atoms with Gasteiger partial charge in [-0.2, -0.15) is 0 Å². The lowest BCUT2D eigenvalue weighted by molar-refractivity contribution is -0.143. The van der Waals surface area contributed by atoms with E-state index in [-0.39, 0.29) is 24.0 Å². The number of hydrogen-bond acceptors (Lipinski definition) is 3. The van der Waals surface area contributed by atoms with E-state index in [4.69, 9.17) is 4.74 Å². The fourth-order valence-corrected chi connectivity index (χ4v) is 4.61. The van der Waals surface area contributed by atoms with Crippen LogP contribution in [0.4, 0.5) is 0 Å².